The van der Waals surface area contributed by atoms with Gasteiger partial charge < -0.3 is 14.8 Å². The highest BCUT2D eigenvalue weighted by Gasteiger charge is 2.35. The molecule has 0 spiro atoms. The number of carbonyl (C=O) groups excluding carboxylic acids is 2. The molecule has 1 aliphatic rings. The zero-order chi connectivity index (χ0) is 16.4. The fourth-order valence-electron chi connectivity index (χ4n) is 2.78. The van der Waals surface area contributed by atoms with Gasteiger partial charge >= 0.3 is 0 Å². The van der Waals surface area contributed by atoms with Crippen LogP contribution >= 0.6 is 0 Å². The molecule has 120 valence electrons. The largest absolute Gasteiger partial charge is 0.354 e. The summed E-state index contributed by atoms with van der Waals surface area (Å²) in [6.45, 7) is 9.30. The molecule has 1 aliphatic heterocycles. The minimum atomic E-state index is -0.510. The molecule has 1 aromatic rings. The molecular weight excluding hydrogens is 282 g/mol. The van der Waals surface area contributed by atoms with Gasteiger partial charge in [-0.05, 0) is 19.8 Å². The third-order valence-corrected chi connectivity index (χ3v) is 3.80. The lowest BCUT2D eigenvalue weighted by atomic mass is 10.1. The molecule has 1 saturated heterocycles. The van der Waals surface area contributed by atoms with Gasteiger partial charge in [-0.25, -0.2) is 0 Å². The van der Waals surface area contributed by atoms with Crippen molar-refractivity contribution in [3.63, 3.8) is 0 Å². The van der Waals surface area contributed by atoms with Gasteiger partial charge in [-0.15, -0.1) is 0 Å². The summed E-state index contributed by atoms with van der Waals surface area (Å²) < 4.78 is 0. The fourth-order valence-corrected chi connectivity index (χ4v) is 2.78. The Hall–Kier alpha value is -2.11. The van der Waals surface area contributed by atoms with Crippen LogP contribution in [0.1, 0.15) is 37.0 Å². The number of piperazine rings is 1. The van der Waals surface area contributed by atoms with Gasteiger partial charge in [-0.2, -0.15) is 0 Å². The van der Waals surface area contributed by atoms with Gasteiger partial charge in [0.25, 0.3) is 5.91 Å². The number of aromatic nitrogens is 1. The van der Waals surface area contributed by atoms with Crippen molar-refractivity contribution >= 4 is 11.8 Å². The van der Waals surface area contributed by atoms with Crippen molar-refractivity contribution in [1.82, 2.24) is 14.8 Å². The Kier molecular flexibility index (Phi) is 4.68. The highest BCUT2D eigenvalue weighted by atomic mass is 16.2. The van der Waals surface area contributed by atoms with E-state index in [0.29, 0.717) is 31.2 Å². The van der Waals surface area contributed by atoms with Gasteiger partial charge in [0.2, 0.25) is 5.91 Å². The summed E-state index contributed by atoms with van der Waals surface area (Å²) >= 11 is 0. The van der Waals surface area contributed by atoms with Crippen LogP contribution in [0.4, 0.5) is 0 Å². The zero-order valence-electron chi connectivity index (χ0n) is 13.5. The van der Waals surface area contributed by atoms with Gasteiger partial charge in [0.15, 0.2) is 5.43 Å². The van der Waals surface area contributed by atoms with E-state index in [9.17, 15) is 14.4 Å². The number of hydrogen-bond donors (Lipinski definition) is 1. The Morgan fingerprint density at radius 1 is 1.32 bits per heavy atom. The fraction of sp³-hybridized carbons (Fsp3) is 0.562. The topological polar surface area (TPSA) is 73.5 Å². The van der Waals surface area contributed by atoms with Crippen molar-refractivity contribution in [3.05, 3.63) is 33.7 Å². The van der Waals surface area contributed by atoms with E-state index >= 15 is 0 Å². The Morgan fingerprint density at radius 2 is 2.00 bits per heavy atom. The van der Waals surface area contributed by atoms with Crippen LogP contribution in [-0.4, -0.2) is 52.3 Å². The summed E-state index contributed by atoms with van der Waals surface area (Å²) in [7, 11) is 0. The van der Waals surface area contributed by atoms with Crippen LogP contribution in [-0.2, 0) is 4.79 Å². The Balaban J connectivity index is 2.18. The van der Waals surface area contributed by atoms with Gasteiger partial charge in [0.05, 0.1) is 0 Å². The third-order valence-electron chi connectivity index (χ3n) is 3.80. The van der Waals surface area contributed by atoms with Gasteiger partial charge in [0.1, 0.15) is 11.7 Å². The van der Waals surface area contributed by atoms with Crippen LogP contribution in [0.25, 0.3) is 0 Å². The molecule has 2 amide bonds. The molecule has 1 aromatic heterocycles. The van der Waals surface area contributed by atoms with Crippen LogP contribution in [0.5, 0.6) is 0 Å². The summed E-state index contributed by atoms with van der Waals surface area (Å²) in [5.74, 6) is 0.0562. The first-order chi connectivity index (χ1) is 10.3. The molecule has 0 bridgehead atoms. The summed E-state index contributed by atoms with van der Waals surface area (Å²) in [6.07, 6.45) is 0. The maximum Gasteiger partial charge on any atom is 0.271 e. The SMILES string of the molecule is Cc1cc(=O)cc(C(=O)N2CCN(CC(C)C)C(=O)[C@@H]2C)[nH]1. The molecule has 1 fully saturated rings. The van der Waals surface area contributed by atoms with E-state index in [2.05, 4.69) is 18.8 Å². The van der Waals surface area contributed by atoms with E-state index in [-0.39, 0.29) is 22.9 Å². The van der Waals surface area contributed by atoms with Crippen LogP contribution < -0.4 is 5.43 Å². The predicted octanol–water partition coefficient (Wildman–Crippen LogP) is 1.01. The van der Waals surface area contributed by atoms with Crippen LogP contribution in [0.2, 0.25) is 0 Å². The van der Waals surface area contributed by atoms with Gasteiger partial charge in [0, 0.05) is 37.5 Å². The van der Waals surface area contributed by atoms with Crippen LogP contribution in [0.15, 0.2) is 16.9 Å². The van der Waals surface area contributed by atoms with E-state index in [1.165, 1.54) is 17.0 Å². The summed E-state index contributed by atoms with van der Waals surface area (Å²) in [5.41, 5.74) is 0.659. The second-order valence-electron chi connectivity index (χ2n) is 6.27. The standard InChI is InChI=1S/C16H23N3O3/c1-10(2)9-18-5-6-19(12(4)15(18)21)16(22)14-8-13(20)7-11(3)17-14/h7-8,10,12H,5-6,9H2,1-4H3,(H,17,20)/t12-/m0/s1. The van der Waals surface area contributed by atoms with E-state index in [1.807, 2.05) is 0 Å². The number of aryl methyl sites for hydroxylation is 1. The molecule has 0 unspecified atom stereocenters. The first kappa shape index (κ1) is 16.3. The molecule has 1 atom stereocenters. The number of H-pyrrole nitrogens is 1. The van der Waals surface area contributed by atoms with Gasteiger partial charge in [-0.3, -0.25) is 14.4 Å². The molecule has 22 heavy (non-hydrogen) atoms. The Labute approximate surface area is 130 Å². The summed E-state index contributed by atoms with van der Waals surface area (Å²) in [6, 6.07) is 2.21. The first-order valence-corrected chi connectivity index (χ1v) is 7.60. The van der Waals surface area contributed by atoms with Crippen molar-refractivity contribution < 1.29 is 9.59 Å². The van der Waals surface area contributed by atoms with E-state index < -0.39 is 6.04 Å². The van der Waals surface area contributed by atoms with Crippen LogP contribution in [0.3, 0.4) is 0 Å². The molecule has 0 aliphatic carbocycles. The summed E-state index contributed by atoms with van der Waals surface area (Å²) in [4.78, 5) is 42.8. The van der Waals surface area contributed by atoms with Crippen molar-refractivity contribution in [2.75, 3.05) is 19.6 Å². The smallest absolute Gasteiger partial charge is 0.271 e. The average Bonchev–Trinajstić information content (AvgIpc) is 2.42. The molecule has 6 heteroatoms. The second-order valence-corrected chi connectivity index (χ2v) is 6.27. The zero-order valence-corrected chi connectivity index (χ0v) is 13.5. The number of amides is 2. The number of nitrogens with one attached hydrogen (secondary N) is 1. The molecule has 6 nitrogen and oxygen atoms in total. The number of carbonyl (C=O) groups is 2. The number of aromatic amines is 1. The Morgan fingerprint density at radius 3 is 2.59 bits per heavy atom. The lowest BCUT2D eigenvalue weighted by molar-refractivity contribution is -0.140. The first-order valence-electron chi connectivity index (χ1n) is 7.60. The van der Waals surface area contributed by atoms with Crippen molar-refractivity contribution in [1.29, 1.82) is 0 Å². The molecule has 2 heterocycles. The highest BCUT2D eigenvalue weighted by Crippen LogP contribution is 2.15. The minimum Gasteiger partial charge on any atom is -0.354 e. The number of pyridine rings is 1. The van der Waals surface area contributed by atoms with Gasteiger partial charge in [-0.1, -0.05) is 13.8 Å². The van der Waals surface area contributed by atoms with E-state index in [1.54, 1.807) is 18.7 Å². The molecular formula is C16H23N3O3. The quantitative estimate of drug-likeness (QED) is 0.906. The molecule has 0 saturated carbocycles. The maximum atomic E-state index is 12.6. The minimum absolute atomic E-state index is 0.0386. The monoisotopic (exact) mass is 305 g/mol. The lowest BCUT2D eigenvalue weighted by Crippen LogP contribution is -2.58. The van der Waals surface area contributed by atoms with E-state index in [0.717, 1.165) is 0 Å². The normalized spacial score (nSPS) is 19.0. The Bertz CT molecular complexity index is 636. The molecule has 0 aromatic carbocycles. The number of rotatable bonds is 3. The molecule has 2 rings (SSSR count). The highest BCUT2D eigenvalue weighted by molar-refractivity contribution is 5.96. The second kappa shape index (κ2) is 6.34. The summed E-state index contributed by atoms with van der Waals surface area (Å²) in [5, 5.41) is 0. The molecule has 1 N–H and O–H groups in total. The number of hydrogen-bond acceptors (Lipinski definition) is 3. The number of nitrogens with zero attached hydrogens (tertiary/aromatic N) is 2. The van der Waals surface area contributed by atoms with Crippen LogP contribution in [0, 0.1) is 12.8 Å². The van der Waals surface area contributed by atoms with Crippen molar-refractivity contribution in [2.45, 2.75) is 33.7 Å². The third kappa shape index (κ3) is 3.37. The lowest BCUT2D eigenvalue weighted by Gasteiger charge is -2.39. The van der Waals surface area contributed by atoms with Crippen molar-refractivity contribution in [2.24, 2.45) is 5.92 Å². The van der Waals surface area contributed by atoms with E-state index in [4.69, 9.17) is 0 Å². The average molecular weight is 305 g/mol. The van der Waals surface area contributed by atoms with Crippen molar-refractivity contribution in [3.8, 4) is 0 Å². The maximum absolute atomic E-state index is 12.6. The predicted molar refractivity (Wildman–Crippen MR) is 83.7 cm³/mol. The molecule has 0 radical (unpaired) electrons.